The average Bonchev–Trinajstić information content (AvgIpc) is 2.83. The summed E-state index contributed by atoms with van der Waals surface area (Å²) in [5, 5.41) is 0.919. The van der Waals surface area contributed by atoms with Gasteiger partial charge >= 0.3 is 0 Å². The molecule has 3 aromatic rings. The third-order valence-corrected chi connectivity index (χ3v) is 6.61. The van der Waals surface area contributed by atoms with E-state index < -0.39 is 6.10 Å². The number of β-lactam (4-membered cyclic amide) rings is 1. The van der Waals surface area contributed by atoms with Crippen molar-refractivity contribution in [3.8, 4) is 17.2 Å². The molecular weight excluding hydrogens is 461 g/mol. The molecule has 0 saturated carbocycles. The highest BCUT2D eigenvalue weighted by atomic mass is 35.5. The van der Waals surface area contributed by atoms with E-state index in [-0.39, 0.29) is 11.9 Å². The molecule has 0 radical (unpaired) electrons. The summed E-state index contributed by atoms with van der Waals surface area (Å²) < 4.78 is 16.9. The second-order valence-electron chi connectivity index (χ2n) is 7.89. The zero-order valence-electron chi connectivity index (χ0n) is 18.7. The highest BCUT2D eigenvalue weighted by Crippen LogP contribution is 2.40. The van der Waals surface area contributed by atoms with Gasteiger partial charge in [-0.15, -0.1) is 0 Å². The number of para-hydroxylation sites is 1. The first-order valence-corrected chi connectivity index (χ1v) is 11.4. The summed E-state index contributed by atoms with van der Waals surface area (Å²) in [6, 6.07) is 18.6. The number of carbonyl (C=O) groups is 1. The van der Waals surface area contributed by atoms with E-state index in [0.717, 1.165) is 16.7 Å². The lowest BCUT2D eigenvalue weighted by Gasteiger charge is -2.47. The second kappa shape index (κ2) is 9.94. The Bertz CT molecular complexity index is 1170. The Hall–Kier alpha value is -2.89. The fraction of sp³-hybridized carbons (Fsp3) is 0.269. The topological polar surface area (TPSA) is 48.0 Å². The second-order valence-corrected chi connectivity index (χ2v) is 8.71. The lowest BCUT2D eigenvalue weighted by Crippen LogP contribution is -2.61. The molecule has 4 rings (SSSR count). The van der Waals surface area contributed by atoms with Crippen LogP contribution in [0.25, 0.3) is 0 Å². The molecule has 1 amide bonds. The molecule has 7 heteroatoms. The van der Waals surface area contributed by atoms with Gasteiger partial charge in [0.25, 0.3) is 5.91 Å². The van der Waals surface area contributed by atoms with Crippen molar-refractivity contribution in [3.63, 3.8) is 0 Å². The Morgan fingerprint density at radius 1 is 0.879 bits per heavy atom. The zero-order valence-corrected chi connectivity index (χ0v) is 20.2. The molecule has 1 fully saturated rings. The van der Waals surface area contributed by atoms with E-state index in [0.29, 0.717) is 40.3 Å². The zero-order chi connectivity index (χ0) is 23.5. The first kappa shape index (κ1) is 23.3. The Kier molecular flexibility index (Phi) is 7.01. The van der Waals surface area contributed by atoms with Crippen LogP contribution in [0.15, 0.2) is 60.7 Å². The molecule has 33 heavy (non-hydrogen) atoms. The van der Waals surface area contributed by atoms with Crippen molar-refractivity contribution in [3.05, 3.63) is 87.4 Å². The highest BCUT2D eigenvalue weighted by Gasteiger charge is 2.50. The molecule has 2 atom stereocenters. The van der Waals surface area contributed by atoms with Crippen LogP contribution in [0, 0.1) is 6.92 Å². The van der Waals surface area contributed by atoms with Gasteiger partial charge in [0.1, 0.15) is 11.8 Å². The van der Waals surface area contributed by atoms with Gasteiger partial charge in [-0.25, -0.2) is 0 Å². The van der Waals surface area contributed by atoms with Crippen LogP contribution in [0.2, 0.25) is 10.0 Å². The third kappa shape index (κ3) is 4.75. The van der Waals surface area contributed by atoms with Crippen molar-refractivity contribution in [2.45, 2.75) is 25.5 Å². The number of halogens is 2. The Morgan fingerprint density at radius 2 is 1.64 bits per heavy atom. The SMILES string of the molecule is COc1ccc(CCN2C(=O)[C@H](Oc3ccccc3C)[C@@H]2c2ccc(Cl)c(Cl)c2)cc1OC. The normalized spacial score (nSPS) is 17.5. The number of rotatable bonds is 8. The van der Waals surface area contributed by atoms with E-state index in [1.54, 1.807) is 26.4 Å². The summed E-state index contributed by atoms with van der Waals surface area (Å²) in [6.07, 6.45) is 0.0230. The first-order valence-electron chi connectivity index (χ1n) is 10.6. The van der Waals surface area contributed by atoms with E-state index in [4.69, 9.17) is 37.4 Å². The molecule has 1 heterocycles. The number of hydrogen-bond acceptors (Lipinski definition) is 4. The molecule has 5 nitrogen and oxygen atoms in total. The van der Waals surface area contributed by atoms with Crippen LogP contribution >= 0.6 is 23.2 Å². The molecule has 0 aromatic heterocycles. The minimum Gasteiger partial charge on any atom is -0.493 e. The van der Waals surface area contributed by atoms with E-state index in [9.17, 15) is 4.79 Å². The van der Waals surface area contributed by atoms with Gasteiger partial charge in [0.05, 0.1) is 24.3 Å². The monoisotopic (exact) mass is 485 g/mol. The van der Waals surface area contributed by atoms with E-state index in [2.05, 4.69) is 0 Å². The van der Waals surface area contributed by atoms with Gasteiger partial charge in [-0.05, 0) is 60.4 Å². The van der Waals surface area contributed by atoms with Gasteiger partial charge in [0, 0.05) is 6.54 Å². The smallest absolute Gasteiger partial charge is 0.266 e. The fourth-order valence-corrected chi connectivity index (χ4v) is 4.35. The molecule has 3 aromatic carbocycles. The molecule has 0 bridgehead atoms. The molecule has 1 saturated heterocycles. The van der Waals surface area contributed by atoms with Gasteiger partial charge < -0.3 is 19.1 Å². The summed E-state index contributed by atoms with van der Waals surface area (Å²) in [6.45, 7) is 2.48. The van der Waals surface area contributed by atoms with Gasteiger partial charge in [-0.2, -0.15) is 0 Å². The fourth-order valence-electron chi connectivity index (χ4n) is 4.04. The predicted molar refractivity (Wildman–Crippen MR) is 130 cm³/mol. The van der Waals surface area contributed by atoms with E-state index >= 15 is 0 Å². The van der Waals surface area contributed by atoms with Crippen LogP contribution in [0.1, 0.15) is 22.7 Å². The molecule has 1 aliphatic heterocycles. The van der Waals surface area contributed by atoms with Crippen molar-refractivity contribution in [2.24, 2.45) is 0 Å². The van der Waals surface area contributed by atoms with Crippen molar-refractivity contribution < 1.29 is 19.0 Å². The Balaban J connectivity index is 1.57. The number of likely N-dealkylation sites (tertiary alicyclic amines) is 1. The molecule has 172 valence electrons. The number of ether oxygens (including phenoxy) is 3. The molecule has 0 N–H and O–H groups in total. The number of aryl methyl sites for hydroxylation is 1. The molecule has 0 unspecified atom stereocenters. The van der Waals surface area contributed by atoms with Crippen LogP contribution in [-0.2, 0) is 11.2 Å². The maximum absolute atomic E-state index is 13.2. The maximum Gasteiger partial charge on any atom is 0.266 e. The summed E-state index contributed by atoms with van der Waals surface area (Å²) in [5.74, 6) is 1.96. The minimum absolute atomic E-state index is 0.0604. The van der Waals surface area contributed by atoms with Crippen molar-refractivity contribution in [1.82, 2.24) is 4.90 Å². The van der Waals surface area contributed by atoms with Crippen molar-refractivity contribution in [1.29, 1.82) is 0 Å². The third-order valence-electron chi connectivity index (χ3n) is 5.87. The molecular formula is C26H25Cl2NO4. The number of carbonyl (C=O) groups excluding carboxylic acids is 1. The number of nitrogens with zero attached hydrogens (tertiary/aromatic N) is 1. The van der Waals surface area contributed by atoms with Crippen LogP contribution < -0.4 is 14.2 Å². The summed E-state index contributed by atoms with van der Waals surface area (Å²) >= 11 is 12.4. The van der Waals surface area contributed by atoms with Gasteiger partial charge in [0.15, 0.2) is 11.5 Å². The van der Waals surface area contributed by atoms with E-state index in [1.807, 2.05) is 60.4 Å². The lowest BCUT2D eigenvalue weighted by atomic mass is 9.89. The summed E-state index contributed by atoms with van der Waals surface area (Å²) in [4.78, 5) is 15.0. The Labute approximate surface area is 203 Å². The van der Waals surface area contributed by atoms with Crippen LogP contribution in [0.4, 0.5) is 0 Å². The average molecular weight is 486 g/mol. The molecule has 1 aliphatic rings. The predicted octanol–water partition coefficient (Wildman–Crippen LogP) is 5.89. The van der Waals surface area contributed by atoms with Crippen LogP contribution in [0.5, 0.6) is 17.2 Å². The summed E-state index contributed by atoms with van der Waals surface area (Å²) in [7, 11) is 3.21. The van der Waals surface area contributed by atoms with E-state index in [1.165, 1.54) is 0 Å². The van der Waals surface area contributed by atoms with Gasteiger partial charge in [0.2, 0.25) is 6.10 Å². The number of methoxy groups -OCH3 is 2. The highest BCUT2D eigenvalue weighted by molar-refractivity contribution is 6.42. The van der Waals surface area contributed by atoms with Gasteiger partial charge in [-0.1, -0.05) is 53.5 Å². The minimum atomic E-state index is -0.631. The van der Waals surface area contributed by atoms with Crippen molar-refractivity contribution in [2.75, 3.05) is 20.8 Å². The maximum atomic E-state index is 13.2. The molecule has 0 aliphatic carbocycles. The van der Waals surface area contributed by atoms with Crippen LogP contribution in [0.3, 0.4) is 0 Å². The molecule has 0 spiro atoms. The largest absolute Gasteiger partial charge is 0.493 e. The quantitative estimate of drug-likeness (QED) is 0.373. The van der Waals surface area contributed by atoms with Crippen molar-refractivity contribution >= 4 is 29.1 Å². The number of amides is 1. The standard InChI is InChI=1S/C26H25Cl2NO4/c1-16-6-4-5-7-21(16)33-25-24(18-9-10-19(27)20(28)15-18)29(26(25)30)13-12-17-8-11-22(31-2)23(14-17)32-3/h4-11,14-15,24-25H,12-13H2,1-3H3/t24-,25+/m0/s1. The lowest BCUT2D eigenvalue weighted by molar-refractivity contribution is -0.164. The number of benzene rings is 3. The number of hydrogen-bond donors (Lipinski definition) is 0. The first-order chi connectivity index (χ1) is 15.9. The Morgan fingerprint density at radius 3 is 2.33 bits per heavy atom. The van der Waals surface area contributed by atoms with Gasteiger partial charge in [-0.3, -0.25) is 4.79 Å². The summed E-state index contributed by atoms with van der Waals surface area (Å²) in [5.41, 5.74) is 2.90. The van der Waals surface area contributed by atoms with Crippen LogP contribution in [-0.4, -0.2) is 37.7 Å².